The number of carbonyl (C=O) groups excluding carboxylic acids is 1. The molecule has 132 valence electrons. The van der Waals surface area contributed by atoms with Gasteiger partial charge >= 0.3 is 5.97 Å². The number of nitrogens with one attached hydrogen (secondary N) is 1. The second-order valence-electron chi connectivity index (χ2n) is 5.36. The molecule has 0 aliphatic heterocycles. The normalized spacial score (nSPS) is 11.4. The molecule has 2 rings (SSSR count). The van der Waals surface area contributed by atoms with Gasteiger partial charge in [-0.25, -0.2) is 4.79 Å². The molecule has 0 aliphatic rings. The first-order chi connectivity index (χ1) is 12.1. The molecular weight excluding hydrogens is 322 g/mol. The zero-order valence-corrected chi connectivity index (χ0v) is 14.0. The first kappa shape index (κ1) is 18.3. The summed E-state index contributed by atoms with van der Waals surface area (Å²) in [7, 11) is 0. The molecule has 1 amide bonds. The van der Waals surface area contributed by atoms with Crippen LogP contribution in [0.1, 0.15) is 24.9 Å². The predicted molar refractivity (Wildman–Crippen MR) is 92.7 cm³/mol. The summed E-state index contributed by atoms with van der Waals surface area (Å²) in [5.74, 6) is -0.404. The molecule has 0 saturated carbocycles. The van der Waals surface area contributed by atoms with Crippen LogP contribution in [0.3, 0.4) is 0 Å². The van der Waals surface area contributed by atoms with Crippen LogP contribution in [0.4, 0.5) is 0 Å². The minimum atomic E-state index is -1.13. The van der Waals surface area contributed by atoms with E-state index in [2.05, 4.69) is 5.32 Å². The fourth-order valence-corrected chi connectivity index (χ4v) is 2.14. The largest absolute Gasteiger partial charge is 0.494 e. The van der Waals surface area contributed by atoms with Crippen LogP contribution >= 0.6 is 0 Å². The molecule has 0 bridgehead atoms. The summed E-state index contributed by atoms with van der Waals surface area (Å²) in [5, 5.41) is 11.7. The highest BCUT2D eigenvalue weighted by molar-refractivity contribution is 5.85. The number of aliphatic carboxylic acids is 1. The Bertz CT molecular complexity index is 685. The number of carboxylic acid groups (broad SMARTS) is 1. The van der Waals surface area contributed by atoms with E-state index in [1.165, 1.54) is 0 Å². The van der Waals surface area contributed by atoms with E-state index >= 15 is 0 Å². The number of rotatable bonds is 9. The Labute approximate surface area is 146 Å². The van der Waals surface area contributed by atoms with Gasteiger partial charge in [-0.05, 0) is 36.2 Å². The lowest BCUT2D eigenvalue weighted by molar-refractivity contribution is -0.142. The van der Waals surface area contributed by atoms with E-state index in [4.69, 9.17) is 9.47 Å². The number of carbonyl (C=O) groups is 2. The van der Waals surface area contributed by atoms with Crippen LogP contribution in [-0.2, 0) is 9.59 Å². The average molecular weight is 343 g/mol. The van der Waals surface area contributed by atoms with Crippen molar-refractivity contribution in [3.05, 3.63) is 60.2 Å². The van der Waals surface area contributed by atoms with Crippen molar-refractivity contribution in [2.24, 2.45) is 0 Å². The Morgan fingerprint density at radius 2 is 1.60 bits per heavy atom. The molecular formula is C19H21NO5. The monoisotopic (exact) mass is 343 g/mol. The zero-order valence-electron chi connectivity index (χ0n) is 14.0. The number of amides is 1. The molecule has 0 unspecified atom stereocenters. The van der Waals surface area contributed by atoms with E-state index in [1.54, 1.807) is 54.6 Å². The lowest BCUT2D eigenvalue weighted by Gasteiger charge is -2.15. The highest BCUT2D eigenvalue weighted by Gasteiger charge is 2.21. The van der Waals surface area contributed by atoms with Gasteiger partial charge in [-0.2, -0.15) is 0 Å². The minimum Gasteiger partial charge on any atom is -0.494 e. The van der Waals surface area contributed by atoms with Crippen LogP contribution < -0.4 is 14.8 Å². The van der Waals surface area contributed by atoms with E-state index in [9.17, 15) is 14.7 Å². The Kier molecular flexibility index (Phi) is 6.83. The summed E-state index contributed by atoms with van der Waals surface area (Å²) >= 11 is 0. The van der Waals surface area contributed by atoms with Gasteiger partial charge in [0.05, 0.1) is 6.61 Å². The highest BCUT2D eigenvalue weighted by atomic mass is 16.5. The summed E-state index contributed by atoms with van der Waals surface area (Å²) in [5.41, 5.74) is 0.501. The molecule has 0 saturated heterocycles. The van der Waals surface area contributed by atoms with E-state index in [0.29, 0.717) is 17.9 Å². The van der Waals surface area contributed by atoms with Crippen LogP contribution in [0.2, 0.25) is 0 Å². The summed E-state index contributed by atoms with van der Waals surface area (Å²) in [6.07, 6.45) is 0.921. The third kappa shape index (κ3) is 5.84. The van der Waals surface area contributed by atoms with Gasteiger partial charge in [0.15, 0.2) is 12.6 Å². The Morgan fingerprint density at radius 1 is 1.00 bits per heavy atom. The van der Waals surface area contributed by atoms with Crippen molar-refractivity contribution in [2.45, 2.75) is 19.4 Å². The molecule has 25 heavy (non-hydrogen) atoms. The lowest BCUT2D eigenvalue weighted by atomic mass is 10.1. The third-order valence-corrected chi connectivity index (χ3v) is 3.35. The SMILES string of the molecule is CCCOc1ccc(OCC(=O)N[C@@H](C(=O)O)c2ccccc2)cc1. The topological polar surface area (TPSA) is 84.9 Å². The number of carboxylic acids is 1. The van der Waals surface area contributed by atoms with Crippen molar-refractivity contribution in [3.8, 4) is 11.5 Å². The van der Waals surface area contributed by atoms with Crippen molar-refractivity contribution in [1.29, 1.82) is 0 Å². The Hall–Kier alpha value is -3.02. The Morgan fingerprint density at radius 3 is 2.16 bits per heavy atom. The quantitative estimate of drug-likeness (QED) is 0.731. The van der Waals surface area contributed by atoms with E-state index in [1.807, 2.05) is 6.92 Å². The first-order valence-electron chi connectivity index (χ1n) is 8.03. The van der Waals surface area contributed by atoms with Gasteiger partial charge in [0, 0.05) is 0 Å². The minimum absolute atomic E-state index is 0.272. The molecule has 6 nitrogen and oxygen atoms in total. The van der Waals surface area contributed by atoms with E-state index in [-0.39, 0.29) is 6.61 Å². The Balaban J connectivity index is 1.88. The van der Waals surface area contributed by atoms with Crippen molar-refractivity contribution in [2.75, 3.05) is 13.2 Å². The zero-order chi connectivity index (χ0) is 18.1. The second-order valence-corrected chi connectivity index (χ2v) is 5.36. The summed E-state index contributed by atoms with van der Waals surface area (Å²) in [6, 6.07) is 14.3. The molecule has 0 aromatic heterocycles. The highest BCUT2D eigenvalue weighted by Crippen LogP contribution is 2.18. The third-order valence-electron chi connectivity index (χ3n) is 3.35. The fourth-order valence-electron chi connectivity index (χ4n) is 2.14. The molecule has 0 fully saturated rings. The second kappa shape index (κ2) is 9.32. The van der Waals surface area contributed by atoms with Gasteiger partial charge in [-0.15, -0.1) is 0 Å². The van der Waals surface area contributed by atoms with Crippen LogP contribution in [0.15, 0.2) is 54.6 Å². The first-order valence-corrected chi connectivity index (χ1v) is 8.03. The van der Waals surface area contributed by atoms with Crippen molar-refractivity contribution in [1.82, 2.24) is 5.32 Å². The average Bonchev–Trinajstić information content (AvgIpc) is 2.64. The van der Waals surface area contributed by atoms with Gasteiger partial charge < -0.3 is 19.9 Å². The maximum atomic E-state index is 12.0. The van der Waals surface area contributed by atoms with Crippen molar-refractivity contribution in [3.63, 3.8) is 0 Å². The van der Waals surface area contributed by atoms with Crippen LogP contribution in [0.25, 0.3) is 0 Å². The van der Waals surface area contributed by atoms with E-state index < -0.39 is 17.9 Å². The molecule has 0 aliphatic carbocycles. The molecule has 0 spiro atoms. The van der Waals surface area contributed by atoms with Gasteiger partial charge in [0.1, 0.15) is 11.5 Å². The number of benzene rings is 2. The molecule has 2 aromatic rings. The van der Waals surface area contributed by atoms with Crippen LogP contribution in [0.5, 0.6) is 11.5 Å². The maximum absolute atomic E-state index is 12.0. The van der Waals surface area contributed by atoms with Crippen molar-refractivity contribution < 1.29 is 24.2 Å². The summed E-state index contributed by atoms with van der Waals surface area (Å²) < 4.78 is 10.8. The maximum Gasteiger partial charge on any atom is 0.330 e. The molecule has 2 aromatic carbocycles. The van der Waals surface area contributed by atoms with Gasteiger partial charge in [-0.3, -0.25) is 4.79 Å². The molecule has 1 atom stereocenters. The fraction of sp³-hybridized carbons (Fsp3) is 0.263. The number of hydrogen-bond acceptors (Lipinski definition) is 4. The van der Waals surface area contributed by atoms with Gasteiger partial charge in [0.25, 0.3) is 5.91 Å². The molecule has 6 heteroatoms. The standard InChI is InChI=1S/C19H21NO5/c1-2-12-24-15-8-10-16(11-9-15)25-13-17(21)20-18(19(22)23)14-6-4-3-5-7-14/h3-11,18H,2,12-13H2,1H3,(H,20,21)(H,22,23)/t18-/m1/s1. The van der Waals surface area contributed by atoms with E-state index in [0.717, 1.165) is 12.2 Å². The molecule has 0 radical (unpaired) electrons. The lowest BCUT2D eigenvalue weighted by Crippen LogP contribution is -2.36. The van der Waals surface area contributed by atoms with Crippen LogP contribution in [-0.4, -0.2) is 30.2 Å². The van der Waals surface area contributed by atoms with Crippen molar-refractivity contribution >= 4 is 11.9 Å². The summed E-state index contributed by atoms with van der Waals surface area (Å²) in [6.45, 7) is 2.39. The molecule has 2 N–H and O–H groups in total. The number of hydrogen-bond donors (Lipinski definition) is 2. The van der Waals surface area contributed by atoms with Gasteiger partial charge in [-0.1, -0.05) is 37.3 Å². The predicted octanol–water partition coefficient (Wildman–Crippen LogP) is 2.80. The number of ether oxygens (including phenoxy) is 2. The smallest absolute Gasteiger partial charge is 0.330 e. The van der Waals surface area contributed by atoms with Crippen LogP contribution in [0, 0.1) is 0 Å². The molecule has 0 heterocycles. The summed E-state index contributed by atoms with van der Waals surface area (Å²) in [4.78, 5) is 23.4. The van der Waals surface area contributed by atoms with Gasteiger partial charge in [0.2, 0.25) is 0 Å².